The average molecular weight is 404 g/mol. The number of carbonyl (C=O) groups is 3. The van der Waals surface area contributed by atoms with Crippen LogP contribution in [0.4, 0.5) is 0 Å². The monoisotopic (exact) mass is 403 g/mol. The molecule has 1 amide bonds. The number of β-lactam (4-membered cyclic amide) rings is 1. The van der Waals surface area contributed by atoms with Crippen LogP contribution in [0, 0.1) is 5.92 Å². The van der Waals surface area contributed by atoms with Crippen molar-refractivity contribution in [3.8, 4) is 0 Å². The first-order valence-corrected chi connectivity index (χ1v) is 10.5. The van der Waals surface area contributed by atoms with Crippen LogP contribution < -0.4 is 0 Å². The molecule has 2 aliphatic rings. The van der Waals surface area contributed by atoms with Gasteiger partial charge in [0, 0.05) is 17.4 Å². The summed E-state index contributed by atoms with van der Waals surface area (Å²) in [7, 11) is 1.32. The molecule has 0 aromatic heterocycles. The largest absolute Gasteiger partial charge is 0.466 e. The Balaban J connectivity index is 1.64. The van der Waals surface area contributed by atoms with Gasteiger partial charge in [0.2, 0.25) is 5.91 Å². The lowest BCUT2D eigenvalue weighted by Gasteiger charge is -2.44. The van der Waals surface area contributed by atoms with Crippen LogP contribution in [0.25, 0.3) is 0 Å². The van der Waals surface area contributed by atoms with Gasteiger partial charge < -0.3 is 14.4 Å². The van der Waals surface area contributed by atoms with Gasteiger partial charge in [-0.3, -0.25) is 4.79 Å². The predicted octanol–water partition coefficient (Wildman–Crippen LogP) is 2.57. The molecule has 3 rings (SSSR count). The van der Waals surface area contributed by atoms with Crippen molar-refractivity contribution in [2.24, 2.45) is 5.92 Å². The zero-order valence-electron chi connectivity index (χ0n) is 16.1. The third-order valence-electron chi connectivity index (χ3n) is 5.21. The summed E-state index contributed by atoms with van der Waals surface area (Å²) in [5, 5.41) is 0.0387. The highest BCUT2D eigenvalue weighted by atomic mass is 32.2. The number of fused-ring (bicyclic) bond motifs is 1. The minimum atomic E-state index is -0.535. The van der Waals surface area contributed by atoms with Gasteiger partial charge in [0.25, 0.3) is 0 Å². The molecule has 0 N–H and O–H groups in total. The van der Waals surface area contributed by atoms with Crippen LogP contribution in [-0.4, -0.2) is 52.9 Å². The third kappa shape index (κ3) is 4.24. The third-order valence-corrected chi connectivity index (χ3v) is 6.42. The molecular formula is C21H25NO5S. The maximum absolute atomic E-state index is 12.8. The molecule has 0 spiro atoms. The summed E-state index contributed by atoms with van der Waals surface area (Å²) in [5.74, 6) is -0.131. The summed E-state index contributed by atoms with van der Waals surface area (Å²) in [6.45, 7) is 2.25. The van der Waals surface area contributed by atoms with E-state index < -0.39 is 12.0 Å². The van der Waals surface area contributed by atoms with Gasteiger partial charge in [-0.1, -0.05) is 43.3 Å². The number of hydrogen-bond donors (Lipinski definition) is 0. The highest BCUT2D eigenvalue weighted by Crippen LogP contribution is 2.45. The molecule has 0 aliphatic carbocycles. The van der Waals surface area contributed by atoms with Crippen LogP contribution in [0.5, 0.6) is 0 Å². The average Bonchev–Trinajstić information content (AvgIpc) is 3.05. The standard InChI is InChI=1S/C21H25NO5S/c1-3-28-17-12-16-15(10-7-11-18(23)26-2)20(24)22(16)19(17)21(25)27-13-14-8-5-4-6-9-14/h4-9,11,15-17,19H,3,10,12-13H2,1-2H3/b11-7+/t15?,16?,17?,19-/m1/s1. The Morgan fingerprint density at radius 3 is 2.71 bits per heavy atom. The van der Waals surface area contributed by atoms with Crippen molar-refractivity contribution in [2.75, 3.05) is 12.9 Å². The van der Waals surface area contributed by atoms with Gasteiger partial charge in [0.15, 0.2) is 0 Å². The van der Waals surface area contributed by atoms with Crippen molar-refractivity contribution in [2.45, 2.75) is 43.7 Å². The zero-order chi connectivity index (χ0) is 20.1. The second-order valence-corrected chi connectivity index (χ2v) is 8.36. The van der Waals surface area contributed by atoms with Gasteiger partial charge in [0.1, 0.15) is 12.6 Å². The van der Waals surface area contributed by atoms with Crippen molar-refractivity contribution in [3.63, 3.8) is 0 Å². The molecule has 0 bridgehead atoms. The van der Waals surface area contributed by atoms with E-state index in [2.05, 4.69) is 4.74 Å². The lowest BCUT2D eigenvalue weighted by molar-refractivity contribution is -0.166. The van der Waals surface area contributed by atoms with E-state index in [1.807, 2.05) is 37.3 Å². The molecule has 7 heteroatoms. The SMILES string of the molecule is CCSC1CC2C(C/C=C/C(=O)OC)C(=O)N2[C@H]1C(=O)OCc1ccccc1. The number of esters is 2. The fourth-order valence-electron chi connectivity index (χ4n) is 3.89. The lowest BCUT2D eigenvalue weighted by atomic mass is 9.85. The Kier molecular flexibility index (Phi) is 6.78. The van der Waals surface area contributed by atoms with E-state index in [9.17, 15) is 14.4 Å². The second-order valence-electron chi connectivity index (χ2n) is 6.85. The maximum Gasteiger partial charge on any atom is 0.330 e. The first kappa shape index (κ1) is 20.5. The van der Waals surface area contributed by atoms with Gasteiger partial charge in [-0.2, -0.15) is 11.8 Å². The normalized spacial score (nSPS) is 26.1. The molecule has 1 aromatic carbocycles. The summed E-state index contributed by atoms with van der Waals surface area (Å²) in [4.78, 5) is 38.4. The van der Waals surface area contributed by atoms with E-state index >= 15 is 0 Å². The molecule has 4 atom stereocenters. The zero-order valence-corrected chi connectivity index (χ0v) is 16.9. The van der Waals surface area contributed by atoms with E-state index in [0.717, 1.165) is 17.7 Å². The summed E-state index contributed by atoms with van der Waals surface area (Å²) < 4.78 is 10.1. The van der Waals surface area contributed by atoms with Crippen molar-refractivity contribution >= 4 is 29.6 Å². The molecule has 2 heterocycles. The molecule has 28 heavy (non-hydrogen) atoms. The number of benzene rings is 1. The number of amides is 1. The Bertz CT molecular complexity index is 750. The first-order chi connectivity index (χ1) is 13.6. The Labute approximate surface area is 169 Å². The molecule has 2 aliphatic heterocycles. The van der Waals surface area contributed by atoms with Crippen molar-refractivity contribution < 1.29 is 23.9 Å². The molecule has 150 valence electrons. The number of hydrogen-bond acceptors (Lipinski definition) is 6. The minimum Gasteiger partial charge on any atom is -0.466 e. The Hall–Kier alpha value is -2.28. The minimum absolute atomic E-state index is 0.0214. The number of ether oxygens (including phenoxy) is 2. The van der Waals surface area contributed by atoms with Crippen molar-refractivity contribution in [3.05, 3.63) is 48.0 Å². The van der Waals surface area contributed by atoms with Crippen molar-refractivity contribution in [1.82, 2.24) is 4.90 Å². The second kappa shape index (κ2) is 9.28. The van der Waals surface area contributed by atoms with Crippen molar-refractivity contribution in [1.29, 1.82) is 0 Å². The van der Waals surface area contributed by atoms with E-state index in [-0.39, 0.29) is 35.7 Å². The molecule has 2 fully saturated rings. The van der Waals surface area contributed by atoms with Crippen LogP contribution in [0.1, 0.15) is 25.3 Å². The molecule has 0 saturated carbocycles. The topological polar surface area (TPSA) is 72.9 Å². The summed E-state index contributed by atoms with van der Waals surface area (Å²) in [6, 6.07) is 9.00. The Morgan fingerprint density at radius 1 is 1.29 bits per heavy atom. The lowest BCUT2D eigenvalue weighted by Crippen LogP contribution is -2.62. The summed E-state index contributed by atoms with van der Waals surface area (Å²) in [6.07, 6.45) is 4.26. The van der Waals surface area contributed by atoms with E-state index in [0.29, 0.717) is 6.42 Å². The van der Waals surface area contributed by atoms with Gasteiger partial charge in [-0.05, 0) is 24.2 Å². The van der Waals surface area contributed by atoms with Crippen LogP contribution >= 0.6 is 11.8 Å². The highest BCUT2D eigenvalue weighted by molar-refractivity contribution is 7.99. The van der Waals surface area contributed by atoms with Gasteiger partial charge in [0.05, 0.1) is 13.0 Å². The van der Waals surface area contributed by atoms with E-state index in [4.69, 9.17) is 4.74 Å². The van der Waals surface area contributed by atoms with Crippen LogP contribution in [0.3, 0.4) is 0 Å². The quantitative estimate of drug-likeness (QED) is 0.377. The highest BCUT2D eigenvalue weighted by Gasteiger charge is 2.59. The number of nitrogens with zero attached hydrogens (tertiary/aromatic N) is 1. The maximum atomic E-state index is 12.8. The number of methoxy groups -OCH3 is 1. The van der Waals surface area contributed by atoms with Gasteiger partial charge >= 0.3 is 11.9 Å². The summed E-state index contributed by atoms with van der Waals surface area (Å²) >= 11 is 1.69. The number of thioether (sulfide) groups is 1. The first-order valence-electron chi connectivity index (χ1n) is 9.45. The number of rotatable bonds is 8. The predicted molar refractivity (Wildman–Crippen MR) is 106 cm³/mol. The van der Waals surface area contributed by atoms with Crippen LogP contribution in [0.15, 0.2) is 42.5 Å². The molecule has 3 unspecified atom stereocenters. The van der Waals surface area contributed by atoms with E-state index in [1.165, 1.54) is 13.2 Å². The number of allylic oxidation sites excluding steroid dienone is 1. The van der Waals surface area contributed by atoms with Gasteiger partial charge in [-0.15, -0.1) is 0 Å². The smallest absolute Gasteiger partial charge is 0.330 e. The fourth-order valence-corrected chi connectivity index (χ4v) is 5.07. The molecule has 2 saturated heterocycles. The Morgan fingerprint density at radius 2 is 2.04 bits per heavy atom. The molecular weight excluding hydrogens is 378 g/mol. The summed E-state index contributed by atoms with van der Waals surface area (Å²) in [5.41, 5.74) is 0.922. The van der Waals surface area contributed by atoms with Gasteiger partial charge in [-0.25, -0.2) is 9.59 Å². The molecule has 6 nitrogen and oxygen atoms in total. The van der Waals surface area contributed by atoms with Crippen LogP contribution in [0.2, 0.25) is 0 Å². The van der Waals surface area contributed by atoms with E-state index in [1.54, 1.807) is 22.7 Å². The molecule has 1 aromatic rings. The number of carbonyl (C=O) groups excluding carboxylic acids is 3. The fraction of sp³-hybridized carbons (Fsp3) is 0.476. The van der Waals surface area contributed by atoms with Crippen LogP contribution in [-0.2, 0) is 30.5 Å². The molecule has 0 radical (unpaired) electrons.